The Morgan fingerprint density at radius 2 is 1.94 bits per heavy atom. The van der Waals surface area contributed by atoms with E-state index in [1.54, 1.807) is 0 Å². The van der Waals surface area contributed by atoms with Gasteiger partial charge in [0.2, 0.25) is 0 Å². The van der Waals surface area contributed by atoms with Gasteiger partial charge in [0.1, 0.15) is 6.29 Å². The number of benzene rings is 2. The van der Waals surface area contributed by atoms with Crippen molar-refractivity contribution >= 4 is 22.8 Å². The summed E-state index contributed by atoms with van der Waals surface area (Å²) in [4.78, 5) is 22.9. The summed E-state index contributed by atoms with van der Waals surface area (Å²) in [7, 11) is 0. The van der Waals surface area contributed by atoms with E-state index in [2.05, 4.69) is 0 Å². The standard InChI is InChI=1S/C15H12O2/c16-9-11-6-7-13-12-4-2-1-3-10(12)5-8-14(13)15(11)17/h1-5,8-9,11H,6-7H2/t11-/m0/s1. The van der Waals surface area contributed by atoms with Crippen molar-refractivity contribution in [1.82, 2.24) is 0 Å². The number of aldehydes is 1. The monoisotopic (exact) mass is 224 g/mol. The number of aryl methyl sites for hydroxylation is 1. The van der Waals surface area contributed by atoms with E-state index >= 15 is 0 Å². The molecule has 1 aliphatic carbocycles. The zero-order valence-electron chi connectivity index (χ0n) is 9.35. The molecule has 0 amide bonds. The minimum Gasteiger partial charge on any atom is -0.303 e. The lowest BCUT2D eigenvalue weighted by atomic mass is 9.81. The third kappa shape index (κ3) is 1.48. The van der Waals surface area contributed by atoms with Gasteiger partial charge in [-0.3, -0.25) is 4.79 Å². The highest BCUT2D eigenvalue weighted by atomic mass is 16.1. The number of fused-ring (bicyclic) bond motifs is 3. The molecule has 0 spiro atoms. The number of hydrogen-bond acceptors (Lipinski definition) is 2. The number of hydrogen-bond donors (Lipinski definition) is 0. The summed E-state index contributed by atoms with van der Waals surface area (Å²) in [6, 6.07) is 11.9. The highest BCUT2D eigenvalue weighted by Crippen LogP contribution is 2.30. The third-order valence-corrected chi connectivity index (χ3v) is 3.51. The van der Waals surface area contributed by atoms with Gasteiger partial charge in [-0.05, 0) is 29.2 Å². The van der Waals surface area contributed by atoms with Crippen LogP contribution in [0.1, 0.15) is 22.3 Å². The van der Waals surface area contributed by atoms with Crippen LogP contribution in [0.3, 0.4) is 0 Å². The van der Waals surface area contributed by atoms with Gasteiger partial charge < -0.3 is 4.79 Å². The van der Waals surface area contributed by atoms with Gasteiger partial charge in [-0.25, -0.2) is 0 Å². The molecule has 0 aromatic heterocycles. The van der Waals surface area contributed by atoms with Crippen LogP contribution < -0.4 is 0 Å². The maximum atomic E-state index is 12.1. The van der Waals surface area contributed by atoms with E-state index < -0.39 is 5.92 Å². The molecule has 0 unspecified atom stereocenters. The van der Waals surface area contributed by atoms with E-state index in [-0.39, 0.29) is 5.78 Å². The molecule has 1 aliphatic rings. The summed E-state index contributed by atoms with van der Waals surface area (Å²) in [6.07, 6.45) is 2.23. The van der Waals surface area contributed by atoms with Gasteiger partial charge in [0.15, 0.2) is 5.78 Å². The quantitative estimate of drug-likeness (QED) is 0.551. The first-order valence-corrected chi connectivity index (χ1v) is 5.81. The average molecular weight is 224 g/mol. The molecule has 2 aromatic rings. The molecule has 2 aromatic carbocycles. The first-order chi connectivity index (χ1) is 8.31. The van der Waals surface area contributed by atoms with E-state index in [0.29, 0.717) is 6.42 Å². The zero-order valence-corrected chi connectivity index (χ0v) is 9.35. The highest BCUT2D eigenvalue weighted by Gasteiger charge is 2.27. The number of carbonyl (C=O) groups excluding carboxylic acids is 2. The Morgan fingerprint density at radius 3 is 2.76 bits per heavy atom. The molecule has 0 saturated heterocycles. The third-order valence-electron chi connectivity index (χ3n) is 3.51. The summed E-state index contributed by atoms with van der Waals surface area (Å²) in [5, 5.41) is 2.30. The number of Topliss-reactive ketones (excluding diaryl/α,β-unsaturated/α-hetero) is 1. The van der Waals surface area contributed by atoms with Gasteiger partial charge in [-0.2, -0.15) is 0 Å². The molecule has 0 saturated carbocycles. The number of carbonyl (C=O) groups is 2. The minimum atomic E-state index is -0.441. The molecule has 0 fully saturated rings. The van der Waals surface area contributed by atoms with Crippen LogP contribution in [0.15, 0.2) is 36.4 Å². The van der Waals surface area contributed by atoms with Crippen molar-refractivity contribution in [2.75, 3.05) is 0 Å². The second kappa shape index (κ2) is 3.81. The van der Waals surface area contributed by atoms with Crippen molar-refractivity contribution in [3.63, 3.8) is 0 Å². The lowest BCUT2D eigenvalue weighted by Crippen LogP contribution is -2.23. The lowest BCUT2D eigenvalue weighted by Gasteiger charge is -2.20. The van der Waals surface area contributed by atoms with E-state index in [0.717, 1.165) is 34.6 Å². The van der Waals surface area contributed by atoms with Gasteiger partial charge in [-0.15, -0.1) is 0 Å². The number of rotatable bonds is 1. The van der Waals surface area contributed by atoms with Crippen molar-refractivity contribution in [2.24, 2.45) is 5.92 Å². The first-order valence-electron chi connectivity index (χ1n) is 5.81. The van der Waals surface area contributed by atoms with Crippen LogP contribution in [0.25, 0.3) is 10.8 Å². The molecule has 2 heteroatoms. The number of ketones is 1. The molecule has 2 nitrogen and oxygen atoms in total. The molecular weight excluding hydrogens is 212 g/mol. The molecule has 0 radical (unpaired) electrons. The molecule has 1 atom stereocenters. The van der Waals surface area contributed by atoms with Crippen LogP contribution in [0.2, 0.25) is 0 Å². The summed E-state index contributed by atoms with van der Waals surface area (Å²) >= 11 is 0. The molecule has 0 aliphatic heterocycles. The van der Waals surface area contributed by atoms with E-state index in [1.165, 1.54) is 0 Å². The maximum Gasteiger partial charge on any atom is 0.173 e. The highest BCUT2D eigenvalue weighted by molar-refractivity contribution is 6.10. The summed E-state index contributed by atoms with van der Waals surface area (Å²) in [5.41, 5.74) is 1.83. The Labute approximate surface area is 99.3 Å². The van der Waals surface area contributed by atoms with Crippen molar-refractivity contribution < 1.29 is 9.59 Å². The molecule has 0 N–H and O–H groups in total. The largest absolute Gasteiger partial charge is 0.303 e. The zero-order chi connectivity index (χ0) is 11.8. The Balaban J connectivity index is 2.26. The second-order valence-electron chi connectivity index (χ2n) is 4.46. The fourth-order valence-electron chi connectivity index (χ4n) is 2.60. The smallest absolute Gasteiger partial charge is 0.173 e. The maximum absolute atomic E-state index is 12.1. The summed E-state index contributed by atoms with van der Waals surface area (Å²) in [6.45, 7) is 0. The first kappa shape index (κ1) is 10.2. The van der Waals surface area contributed by atoms with Gasteiger partial charge in [0.25, 0.3) is 0 Å². The van der Waals surface area contributed by atoms with Gasteiger partial charge >= 0.3 is 0 Å². The SMILES string of the molecule is O=C[C@@H]1CCc2c(ccc3ccccc23)C1=O. The summed E-state index contributed by atoms with van der Waals surface area (Å²) in [5.74, 6) is -0.462. The second-order valence-corrected chi connectivity index (χ2v) is 4.46. The fraction of sp³-hybridized carbons (Fsp3) is 0.200. The van der Waals surface area contributed by atoms with E-state index in [9.17, 15) is 9.59 Å². The Bertz CT molecular complexity index is 613. The molecule has 0 bridgehead atoms. The normalized spacial score (nSPS) is 19.1. The van der Waals surface area contributed by atoms with Crippen molar-refractivity contribution in [1.29, 1.82) is 0 Å². The van der Waals surface area contributed by atoms with Crippen molar-refractivity contribution in [3.8, 4) is 0 Å². The predicted molar refractivity (Wildman–Crippen MR) is 66.2 cm³/mol. The van der Waals surface area contributed by atoms with Crippen LogP contribution in [-0.4, -0.2) is 12.1 Å². The average Bonchev–Trinajstić information content (AvgIpc) is 2.39. The van der Waals surface area contributed by atoms with Gasteiger partial charge in [-0.1, -0.05) is 36.4 Å². The van der Waals surface area contributed by atoms with Crippen LogP contribution in [0.5, 0.6) is 0 Å². The minimum absolute atomic E-state index is 0.0213. The molecule has 0 heterocycles. The molecule has 84 valence electrons. The molecular formula is C15H12O2. The van der Waals surface area contributed by atoms with Crippen molar-refractivity contribution in [2.45, 2.75) is 12.8 Å². The summed E-state index contributed by atoms with van der Waals surface area (Å²) < 4.78 is 0. The topological polar surface area (TPSA) is 34.1 Å². The predicted octanol–water partition coefficient (Wildman–Crippen LogP) is 2.78. The molecule has 17 heavy (non-hydrogen) atoms. The van der Waals surface area contributed by atoms with Gasteiger partial charge in [0.05, 0.1) is 5.92 Å². The fourth-order valence-corrected chi connectivity index (χ4v) is 2.60. The van der Waals surface area contributed by atoms with Crippen LogP contribution in [-0.2, 0) is 11.2 Å². The Morgan fingerprint density at radius 1 is 1.12 bits per heavy atom. The Hall–Kier alpha value is -1.96. The van der Waals surface area contributed by atoms with Gasteiger partial charge in [0, 0.05) is 5.56 Å². The van der Waals surface area contributed by atoms with E-state index in [4.69, 9.17) is 0 Å². The lowest BCUT2D eigenvalue weighted by molar-refractivity contribution is -0.110. The van der Waals surface area contributed by atoms with Crippen molar-refractivity contribution in [3.05, 3.63) is 47.5 Å². The van der Waals surface area contributed by atoms with Crippen LogP contribution in [0.4, 0.5) is 0 Å². The van der Waals surface area contributed by atoms with Crippen LogP contribution in [0, 0.1) is 5.92 Å². The van der Waals surface area contributed by atoms with Crippen LogP contribution >= 0.6 is 0 Å². The Kier molecular flexibility index (Phi) is 2.29. The molecule has 3 rings (SSSR count). The van der Waals surface area contributed by atoms with E-state index in [1.807, 2.05) is 36.4 Å².